The number of anilines is 1. The van der Waals surface area contributed by atoms with Gasteiger partial charge in [-0.05, 0) is 56.7 Å². The van der Waals surface area contributed by atoms with Crippen molar-refractivity contribution < 1.29 is 9.90 Å². The van der Waals surface area contributed by atoms with E-state index in [0.717, 1.165) is 57.2 Å². The number of benzene rings is 1. The van der Waals surface area contributed by atoms with Crippen LogP contribution in [0.5, 0.6) is 0 Å². The fourth-order valence-corrected chi connectivity index (χ4v) is 4.00. The topological polar surface area (TPSA) is 40.5 Å². The molecule has 0 atom stereocenters. The van der Waals surface area contributed by atoms with Gasteiger partial charge in [0.2, 0.25) is 5.91 Å². The summed E-state index contributed by atoms with van der Waals surface area (Å²) in [6.07, 6.45) is 5.98. The maximum Gasteiger partial charge on any atom is 0.233 e. The SMILES string of the molecule is CCCC1(O)CCC2(CCN(c3cc[c]cc3)C2=O)CC1. The van der Waals surface area contributed by atoms with Crippen molar-refractivity contribution in [1.82, 2.24) is 0 Å². The van der Waals surface area contributed by atoms with Gasteiger partial charge in [0.15, 0.2) is 0 Å². The van der Waals surface area contributed by atoms with Crippen molar-refractivity contribution in [1.29, 1.82) is 0 Å². The van der Waals surface area contributed by atoms with E-state index in [-0.39, 0.29) is 11.3 Å². The average molecular weight is 286 g/mol. The number of carbonyl (C=O) groups excluding carboxylic acids is 1. The molecule has 2 aliphatic rings. The second-order valence-electron chi connectivity index (χ2n) is 6.72. The van der Waals surface area contributed by atoms with Gasteiger partial charge in [0, 0.05) is 12.2 Å². The Balaban J connectivity index is 1.73. The zero-order valence-corrected chi connectivity index (χ0v) is 12.8. The zero-order valence-electron chi connectivity index (χ0n) is 12.8. The van der Waals surface area contributed by atoms with E-state index in [4.69, 9.17) is 0 Å². The van der Waals surface area contributed by atoms with E-state index in [2.05, 4.69) is 13.0 Å². The molecule has 1 saturated heterocycles. The number of hydrogen-bond donors (Lipinski definition) is 1. The van der Waals surface area contributed by atoms with Crippen molar-refractivity contribution in [3.63, 3.8) is 0 Å². The van der Waals surface area contributed by atoms with E-state index >= 15 is 0 Å². The predicted molar refractivity (Wildman–Crippen MR) is 83.0 cm³/mol. The van der Waals surface area contributed by atoms with Crippen molar-refractivity contribution in [2.75, 3.05) is 11.4 Å². The van der Waals surface area contributed by atoms with Crippen LogP contribution in [-0.2, 0) is 4.79 Å². The molecule has 1 heterocycles. The Bertz CT molecular complexity index is 503. The smallest absolute Gasteiger partial charge is 0.233 e. The third-order valence-corrected chi connectivity index (χ3v) is 5.38. The van der Waals surface area contributed by atoms with E-state index in [1.54, 1.807) is 0 Å². The summed E-state index contributed by atoms with van der Waals surface area (Å²) in [6, 6.07) is 10.6. The Kier molecular flexibility index (Phi) is 3.78. The van der Waals surface area contributed by atoms with Crippen molar-refractivity contribution >= 4 is 11.6 Å². The summed E-state index contributed by atoms with van der Waals surface area (Å²) in [7, 11) is 0. The van der Waals surface area contributed by atoms with Crippen molar-refractivity contribution in [2.24, 2.45) is 5.41 Å². The summed E-state index contributed by atoms with van der Waals surface area (Å²) in [5.41, 5.74) is 0.222. The summed E-state index contributed by atoms with van der Waals surface area (Å²) in [4.78, 5) is 14.8. The van der Waals surface area contributed by atoms with Crippen LogP contribution in [0, 0.1) is 11.5 Å². The molecule has 2 fully saturated rings. The van der Waals surface area contributed by atoms with E-state index in [0.29, 0.717) is 0 Å². The minimum absolute atomic E-state index is 0.223. The second-order valence-corrected chi connectivity index (χ2v) is 6.72. The second kappa shape index (κ2) is 5.45. The maximum absolute atomic E-state index is 12.9. The molecule has 1 amide bonds. The predicted octanol–water partition coefficient (Wildman–Crippen LogP) is 3.32. The molecule has 0 bridgehead atoms. The van der Waals surface area contributed by atoms with E-state index in [1.165, 1.54) is 0 Å². The van der Waals surface area contributed by atoms with Crippen LogP contribution in [0.3, 0.4) is 0 Å². The van der Waals surface area contributed by atoms with E-state index < -0.39 is 5.60 Å². The van der Waals surface area contributed by atoms with Gasteiger partial charge in [-0.3, -0.25) is 4.79 Å². The van der Waals surface area contributed by atoms with Crippen LogP contribution in [0.2, 0.25) is 0 Å². The maximum atomic E-state index is 12.9. The highest BCUT2D eigenvalue weighted by molar-refractivity contribution is 5.99. The number of nitrogens with zero attached hydrogens (tertiary/aromatic N) is 1. The molecule has 1 radical (unpaired) electrons. The molecular formula is C18H24NO2. The lowest BCUT2D eigenvalue weighted by atomic mass is 9.67. The van der Waals surface area contributed by atoms with Crippen LogP contribution in [0.4, 0.5) is 5.69 Å². The first-order valence-electron chi connectivity index (χ1n) is 8.09. The molecule has 1 N–H and O–H groups in total. The van der Waals surface area contributed by atoms with Gasteiger partial charge in [-0.25, -0.2) is 0 Å². The van der Waals surface area contributed by atoms with Crippen LogP contribution in [-0.4, -0.2) is 23.2 Å². The van der Waals surface area contributed by atoms with Gasteiger partial charge in [0.25, 0.3) is 0 Å². The molecule has 21 heavy (non-hydrogen) atoms. The van der Waals surface area contributed by atoms with Gasteiger partial charge in [0.05, 0.1) is 11.0 Å². The largest absolute Gasteiger partial charge is 0.390 e. The highest BCUT2D eigenvalue weighted by atomic mass is 16.3. The number of carbonyl (C=O) groups is 1. The normalized spacial score (nSPS) is 32.9. The van der Waals surface area contributed by atoms with Gasteiger partial charge >= 0.3 is 0 Å². The van der Waals surface area contributed by atoms with Gasteiger partial charge < -0.3 is 10.0 Å². The monoisotopic (exact) mass is 286 g/mol. The Morgan fingerprint density at radius 2 is 1.86 bits per heavy atom. The first-order chi connectivity index (χ1) is 10.1. The van der Waals surface area contributed by atoms with E-state index in [1.807, 2.05) is 29.2 Å². The lowest BCUT2D eigenvalue weighted by molar-refractivity contribution is -0.130. The minimum atomic E-state index is -0.532. The summed E-state index contributed by atoms with van der Waals surface area (Å²) < 4.78 is 0. The highest BCUT2D eigenvalue weighted by Crippen LogP contribution is 2.49. The quantitative estimate of drug-likeness (QED) is 0.926. The van der Waals surface area contributed by atoms with Gasteiger partial charge in [-0.1, -0.05) is 25.5 Å². The van der Waals surface area contributed by atoms with Gasteiger partial charge in [-0.2, -0.15) is 0 Å². The summed E-state index contributed by atoms with van der Waals surface area (Å²) in [5, 5.41) is 10.6. The van der Waals surface area contributed by atoms with Crippen molar-refractivity contribution in [3.8, 4) is 0 Å². The van der Waals surface area contributed by atoms with Crippen LogP contribution >= 0.6 is 0 Å². The standard InChI is InChI=1S/C18H24NO2/c1-2-8-18(21)11-9-17(10-12-18)13-14-19(16(17)20)15-6-4-3-5-7-15/h4-7,21H,2,8-14H2,1H3. The third kappa shape index (κ3) is 2.59. The highest BCUT2D eigenvalue weighted by Gasteiger charge is 2.51. The fraction of sp³-hybridized carbons (Fsp3) is 0.611. The molecule has 1 aromatic rings. The molecule has 113 valence electrons. The molecule has 1 aromatic carbocycles. The Labute approximate surface area is 127 Å². The van der Waals surface area contributed by atoms with Crippen LogP contribution < -0.4 is 4.90 Å². The Hall–Kier alpha value is -1.35. The third-order valence-electron chi connectivity index (χ3n) is 5.38. The van der Waals surface area contributed by atoms with Gasteiger partial charge in [0.1, 0.15) is 0 Å². The first kappa shape index (κ1) is 14.6. The molecular weight excluding hydrogens is 262 g/mol. The van der Waals surface area contributed by atoms with Crippen LogP contribution in [0.1, 0.15) is 51.9 Å². The molecule has 3 rings (SSSR count). The molecule has 1 aliphatic heterocycles. The number of aliphatic hydroxyl groups is 1. The lowest BCUT2D eigenvalue weighted by Crippen LogP contribution is -2.43. The summed E-state index contributed by atoms with van der Waals surface area (Å²) >= 11 is 0. The molecule has 0 aromatic heterocycles. The number of hydrogen-bond acceptors (Lipinski definition) is 2. The van der Waals surface area contributed by atoms with Gasteiger partial charge in [-0.15, -0.1) is 0 Å². The average Bonchev–Trinajstić information content (AvgIpc) is 2.81. The lowest BCUT2D eigenvalue weighted by Gasteiger charge is -2.41. The fourth-order valence-electron chi connectivity index (χ4n) is 4.00. The molecule has 1 saturated carbocycles. The Morgan fingerprint density at radius 1 is 1.19 bits per heavy atom. The van der Waals surface area contributed by atoms with Crippen molar-refractivity contribution in [2.45, 2.75) is 57.5 Å². The first-order valence-corrected chi connectivity index (χ1v) is 8.09. The number of rotatable bonds is 3. The number of amides is 1. The van der Waals surface area contributed by atoms with Crippen molar-refractivity contribution in [3.05, 3.63) is 30.3 Å². The minimum Gasteiger partial charge on any atom is -0.390 e. The zero-order chi connectivity index (χ0) is 14.9. The van der Waals surface area contributed by atoms with Crippen LogP contribution in [0.15, 0.2) is 24.3 Å². The van der Waals surface area contributed by atoms with Crippen LogP contribution in [0.25, 0.3) is 0 Å². The summed E-state index contributed by atoms with van der Waals surface area (Å²) in [5.74, 6) is 0.257. The molecule has 1 spiro atoms. The molecule has 3 nitrogen and oxygen atoms in total. The van der Waals surface area contributed by atoms with E-state index in [9.17, 15) is 9.90 Å². The molecule has 1 aliphatic carbocycles. The Morgan fingerprint density at radius 3 is 2.48 bits per heavy atom. The molecule has 3 heteroatoms. The summed E-state index contributed by atoms with van der Waals surface area (Å²) in [6.45, 7) is 2.91. The molecule has 0 unspecified atom stereocenters.